The van der Waals surface area contributed by atoms with E-state index >= 15 is 0 Å². The fourth-order valence-electron chi connectivity index (χ4n) is 6.07. The summed E-state index contributed by atoms with van der Waals surface area (Å²) in [4.78, 5) is 13.9. The Balaban J connectivity index is 1.37. The first kappa shape index (κ1) is 28.4. The van der Waals surface area contributed by atoms with E-state index in [1.165, 1.54) is 24.3 Å². The van der Waals surface area contributed by atoms with E-state index in [-0.39, 0.29) is 27.9 Å². The molecule has 1 N–H and O–H groups in total. The van der Waals surface area contributed by atoms with Crippen molar-refractivity contribution in [1.29, 1.82) is 5.26 Å². The van der Waals surface area contributed by atoms with Gasteiger partial charge < -0.3 is 9.84 Å². The van der Waals surface area contributed by atoms with Crippen LogP contribution in [0.4, 0.5) is 0 Å². The number of aliphatic hydroxyl groups is 1. The van der Waals surface area contributed by atoms with Gasteiger partial charge in [-0.05, 0) is 65.3 Å². The van der Waals surface area contributed by atoms with Crippen LogP contribution in [0.5, 0.6) is 0 Å². The lowest BCUT2D eigenvalue weighted by Gasteiger charge is -2.29. The number of aliphatic hydroxyl groups excluding tert-OH is 1. The Labute approximate surface area is 251 Å². The number of nitriles is 1. The van der Waals surface area contributed by atoms with Gasteiger partial charge in [-0.3, -0.25) is 0 Å². The summed E-state index contributed by atoms with van der Waals surface area (Å²) in [5.74, 6) is -1.08. The number of sulfone groups is 1. The van der Waals surface area contributed by atoms with Gasteiger partial charge in [0.05, 0.1) is 27.9 Å². The Morgan fingerprint density at radius 2 is 1.42 bits per heavy atom. The highest BCUT2D eigenvalue weighted by Gasteiger charge is 2.52. The van der Waals surface area contributed by atoms with Crippen LogP contribution in [0, 0.1) is 17.2 Å². The molecule has 1 atom stereocenters. The smallest absolute Gasteiger partial charge is 0.339 e. The zero-order valence-electron chi connectivity index (χ0n) is 23.5. The van der Waals surface area contributed by atoms with Gasteiger partial charge in [0.2, 0.25) is 0 Å². The lowest BCUT2D eigenvalue weighted by atomic mass is 9.81. The molecule has 4 aromatic carbocycles. The van der Waals surface area contributed by atoms with E-state index < -0.39 is 27.3 Å². The van der Waals surface area contributed by atoms with E-state index in [4.69, 9.17) is 10.00 Å². The standard InChI is InChI=1S/C36H31NO5S/c37-23-27-14-18-31(19-15-27)43(40,41)24-28-12-7-13-30(20-28)32(29-16-17-29)33-34(38)36(42-35(33)39,21-25-8-3-1-4-9-25)22-26-10-5-2-6-11-26/h1-15,18-20,29,32,38H,16-17,21-22,24H2. The number of ether oxygens (including phenoxy) is 1. The van der Waals surface area contributed by atoms with Crippen LogP contribution in [0.25, 0.3) is 0 Å². The molecule has 1 heterocycles. The zero-order valence-corrected chi connectivity index (χ0v) is 24.3. The second kappa shape index (κ2) is 11.5. The molecule has 43 heavy (non-hydrogen) atoms. The maximum absolute atomic E-state index is 13.7. The molecule has 1 aliphatic carbocycles. The maximum Gasteiger partial charge on any atom is 0.339 e. The van der Waals surface area contributed by atoms with Crippen molar-refractivity contribution in [2.75, 3.05) is 0 Å². The summed E-state index contributed by atoms with van der Waals surface area (Å²) in [6.07, 6.45) is 2.44. The Hall–Kier alpha value is -4.67. The van der Waals surface area contributed by atoms with Crippen LogP contribution in [0.3, 0.4) is 0 Å². The molecule has 7 heteroatoms. The van der Waals surface area contributed by atoms with Crippen molar-refractivity contribution < 1.29 is 23.1 Å². The molecular formula is C36H31NO5S. The molecule has 0 radical (unpaired) electrons. The van der Waals surface area contributed by atoms with Gasteiger partial charge >= 0.3 is 5.97 Å². The molecule has 1 unspecified atom stereocenters. The molecule has 0 bridgehead atoms. The molecule has 0 spiro atoms. The second-order valence-electron chi connectivity index (χ2n) is 11.4. The highest BCUT2D eigenvalue weighted by atomic mass is 32.2. The minimum atomic E-state index is -3.68. The Bertz CT molecular complexity index is 1780. The Morgan fingerprint density at radius 1 is 0.837 bits per heavy atom. The Morgan fingerprint density at radius 3 is 1.98 bits per heavy atom. The number of nitrogens with zero attached hydrogens (tertiary/aromatic N) is 1. The summed E-state index contributed by atoms with van der Waals surface area (Å²) < 4.78 is 32.6. The quantitative estimate of drug-likeness (QED) is 0.209. The van der Waals surface area contributed by atoms with Crippen LogP contribution >= 0.6 is 0 Å². The summed E-state index contributed by atoms with van der Waals surface area (Å²) in [7, 11) is -3.68. The molecule has 1 aliphatic heterocycles. The third-order valence-electron chi connectivity index (χ3n) is 8.27. The number of rotatable bonds is 10. The summed E-state index contributed by atoms with van der Waals surface area (Å²) in [5.41, 5.74) is 2.65. The summed E-state index contributed by atoms with van der Waals surface area (Å²) in [5, 5.41) is 21.0. The number of carbonyl (C=O) groups excluding carboxylic acids is 1. The maximum atomic E-state index is 13.7. The van der Waals surface area contributed by atoms with E-state index in [1.807, 2.05) is 78.9 Å². The van der Waals surface area contributed by atoms with Gasteiger partial charge in [0.15, 0.2) is 15.4 Å². The van der Waals surface area contributed by atoms with Crippen LogP contribution in [0.15, 0.2) is 125 Å². The van der Waals surface area contributed by atoms with Crippen LogP contribution in [-0.2, 0) is 38.0 Å². The molecule has 0 amide bonds. The molecule has 216 valence electrons. The third kappa shape index (κ3) is 5.97. The minimum absolute atomic E-state index is 0.0438. The summed E-state index contributed by atoms with van der Waals surface area (Å²) in [6.45, 7) is 0. The molecule has 1 fully saturated rings. The van der Waals surface area contributed by atoms with Gasteiger partial charge in [-0.2, -0.15) is 5.26 Å². The monoisotopic (exact) mass is 589 g/mol. The number of esters is 1. The Kier molecular flexibility index (Phi) is 7.64. The van der Waals surface area contributed by atoms with Crippen molar-refractivity contribution in [3.63, 3.8) is 0 Å². The van der Waals surface area contributed by atoms with Gasteiger partial charge in [0, 0.05) is 18.8 Å². The molecule has 0 saturated heterocycles. The minimum Gasteiger partial charge on any atom is -0.507 e. The van der Waals surface area contributed by atoms with E-state index in [2.05, 4.69) is 0 Å². The van der Waals surface area contributed by atoms with Gasteiger partial charge in [0.1, 0.15) is 5.76 Å². The van der Waals surface area contributed by atoms with Crippen LogP contribution in [0.1, 0.15) is 46.6 Å². The van der Waals surface area contributed by atoms with Crippen molar-refractivity contribution in [3.05, 3.63) is 148 Å². The van der Waals surface area contributed by atoms with Crippen LogP contribution in [-0.4, -0.2) is 25.1 Å². The van der Waals surface area contributed by atoms with Crippen molar-refractivity contribution in [1.82, 2.24) is 0 Å². The van der Waals surface area contributed by atoms with Crippen molar-refractivity contribution in [3.8, 4) is 6.07 Å². The van der Waals surface area contributed by atoms with Gasteiger partial charge in [-0.1, -0.05) is 84.9 Å². The zero-order chi connectivity index (χ0) is 30.0. The van der Waals surface area contributed by atoms with Gasteiger partial charge in [-0.25, -0.2) is 13.2 Å². The van der Waals surface area contributed by atoms with Crippen LogP contribution < -0.4 is 0 Å². The first-order valence-corrected chi connectivity index (χ1v) is 16.0. The van der Waals surface area contributed by atoms with E-state index in [9.17, 15) is 18.3 Å². The van der Waals surface area contributed by atoms with Gasteiger partial charge in [0.25, 0.3) is 0 Å². The first-order valence-electron chi connectivity index (χ1n) is 14.3. The third-order valence-corrected chi connectivity index (χ3v) is 9.98. The van der Waals surface area contributed by atoms with Crippen LogP contribution in [0.2, 0.25) is 0 Å². The lowest BCUT2D eigenvalue weighted by Crippen LogP contribution is -2.37. The molecule has 4 aromatic rings. The summed E-state index contributed by atoms with van der Waals surface area (Å²) in [6, 6.07) is 34.5. The number of benzene rings is 4. The largest absolute Gasteiger partial charge is 0.507 e. The number of hydrogen-bond acceptors (Lipinski definition) is 6. The molecular weight excluding hydrogens is 558 g/mol. The average molecular weight is 590 g/mol. The number of cyclic esters (lactones) is 1. The van der Waals surface area contributed by atoms with E-state index in [0.29, 0.717) is 24.0 Å². The van der Waals surface area contributed by atoms with Gasteiger partial charge in [-0.15, -0.1) is 0 Å². The van der Waals surface area contributed by atoms with E-state index in [0.717, 1.165) is 29.5 Å². The number of hydrogen-bond donors (Lipinski definition) is 1. The highest BCUT2D eigenvalue weighted by molar-refractivity contribution is 7.90. The normalized spacial score (nSPS) is 16.9. The van der Waals surface area contributed by atoms with E-state index in [1.54, 1.807) is 12.1 Å². The molecule has 6 nitrogen and oxygen atoms in total. The number of carbonyl (C=O) groups is 1. The predicted molar refractivity (Wildman–Crippen MR) is 163 cm³/mol. The summed E-state index contributed by atoms with van der Waals surface area (Å²) >= 11 is 0. The lowest BCUT2D eigenvalue weighted by molar-refractivity contribution is -0.148. The topological polar surface area (TPSA) is 104 Å². The molecule has 0 aromatic heterocycles. The second-order valence-corrected chi connectivity index (χ2v) is 13.4. The fraction of sp³-hybridized carbons (Fsp3) is 0.222. The SMILES string of the molecule is N#Cc1ccc(S(=O)(=O)Cc2cccc(C(C3=C(O)C(Cc4ccccc4)(Cc4ccccc4)OC3=O)C3CC3)c2)cc1. The van der Waals surface area contributed by atoms with Crippen molar-refractivity contribution >= 4 is 15.8 Å². The molecule has 6 rings (SSSR count). The average Bonchev–Trinajstić information content (AvgIpc) is 3.82. The van der Waals surface area contributed by atoms with Crippen molar-refractivity contribution in [2.45, 2.75) is 47.9 Å². The highest BCUT2D eigenvalue weighted by Crippen LogP contribution is 2.51. The fourth-order valence-corrected chi connectivity index (χ4v) is 7.41. The molecule has 2 aliphatic rings. The predicted octanol–water partition coefficient (Wildman–Crippen LogP) is 6.62. The molecule has 1 saturated carbocycles. The first-order chi connectivity index (χ1) is 20.8. The van der Waals surface area contributed by atoms with Crippen molar-refractivity contribution in [2.24, 2.45) is 5.92 Å².